The number of nitrogens with zero attached hydrogens (tertiary/aromatic N) is 1. The van der Waals surface area contributed by atoms with E-state index in [1.165, 1.54) is 54.6 Å². The molecule has 2 rings (SSSR count). The summed E-state index contributed by atoms with van der Waals surface area (Å²) in [4.78, 5) is 2.57. The Labute approximate surface area is 119 Å². The van der Waals surface area contributed by atoms with E-state index in [0.717, 1.165) is 0 Å². The quantitative estimate of drug-likeness (QED) is 0.902. The molecule has 18 heavy (non-hydrogen) atoms. The summed E-state index contributed by atoms with van der Waals surface area (Å²) in [5, 5.41) is 3.68. The van der Waals surface area contributed by atoms with E-state index in [0.29, 0.717) is 6.04 Å². The van der Waals surface area contributed by atoms with Gasteiger partial charge < -0.3 is 10.2 Å². The van der Waals surface area contributed by atoms with Gasteiger partial charge in [0.2, 0.25) is 0 Å². The smallest absolute Gasteiger partial charge is 0.0489 e. The van der Waals surface area contributed by atoms with Crippen LogP contribution in [0.25, 0.3) is 0 Å². The Morgan fingerprint density at radius 1 is 1.33 bits per heavy atom. The molecule has 0 amide bonds. The molecule has 0 unspecified atom stereocenters. The molecule has 1 aliphatic heterocycles. The Bertz CT molecular complexity index is 384. The maximum atomic E-state index is 3.68. The van der Waals surface area contributed by atoms with Crippen molar-refractivity contribution in [1.82, 2.24) is 4.90 Å². The van der Waals surface area contributed by atoms with Crippen molar-refractivity contribution in [1.29, 1.82) is 0 Å². The molecule has 0 atom stereocenters. The van der Waals surface area contributed by atoms with Crippen LogP contribution >= 0.6 is 15.9 Å². The Hall–Kier alpha value is -0.540. The second kappa shape index (κ2) is 6.58. The first-order valence-electron chi connectivity index (χ1n) is 6.94. The number of likely N-dealkylation sites (tertiary alicyclic amines) is 1. The molecular weight excluding hydrogens is 288 g/mol. The van der Waals surface area contributed by atoms with Gasteiger partial charge in [-0.1, -0.05) is 13.0 Å². The van der Waals surface area contributed by atoms with Crippen LogP contribution < -0.4 is 5.32 Å². The summed E-state index contributed by atoms with van der Waals surface area (Å²) < 4.78 is 1.17. The van der Waals surface area contributed by atoms with Crippen molar-refractivity contribution in [3.63, 3.8) is 0 Å². The predicted molar refractivity (Wildman–Crippen MR) is 82.3 cm³/mol. The first-order valence-corrected chi connectivity index (χ1v) is 7.73. The lowest BCUT2D eigenvalue weighted by atomic mass is 10.0. The zero-order chi connectivity index (χ0) is 13.0. The van der Waals surface area contributed by atoms with Gasteiger partial charge in [0, 0.05) is 29.3 Å². The average Bonchev–Trinajstić information content (AvgIpc) is 2.37. The highest BCUT2D eigenvalue weighted by Crippen LogP contribution is 2.26. The van der Waals surface area contributed by atoms with Gasteiger partial charge in [-0.2, -0.15) is 0 Å². The summed E-state index contributed by atoms with van der Waals surface area (Å²) in [7, 11) is 0. The Morgan fingerprint density at radius 2 is 2.06 bits per heavy atom. The minimum Gasteiger partial charge on any atom is -0.381 e. The third kappa shape index (κ3) is 3.72. The number of nitrogens with one attached hydrogen (secondary N) is 1. The number of benzene rings is 1. The van der Waals surface area contributed by atoms with Crippen LogP contribution in [0.1, 0.15) is 31.7 Å². The van der Waals surface area contributed by atoms with Crippen LogP contribution in [0.3, 0.4) is 0 Å². The van der Waals surface area contributed by atoms with Gasteiger partial charge in [0.1, 0.15) is 0 Å². The monoisotopic (exact) mass is 310 g/mol. The number of halogens is 1. The minimum absolute atomic E-state index is 0.621. The maximum Gasteiger partial charge on any atom is 0.0489 e. The molecule has 0 spiro atoms. The van der Waals surface area contributed by atoms with Crippen molar-refractivity contribution in [2.45, 2.75) is 39.2 Å². The van der Waals surface area contributed by atoms with Gasteiger partial charge >= 0.3 is 0 Å². The van der Waals surface area contributed by atoms with Gasteiger partial charge in [0.05, 0.1) is 0 Å². The van der Waals surface area contributed by atoms with Gasteiger partial charge in [-0.3, -0.25) is 0 Å². The van der Waals surface area contributed by atoms with Gasteiger partial charge in [-0.25, -0.2) is 0 Å². The van der Waals surface area contributed by atoms with E-state index in [-0.39, 0.29) is 0 Å². The number of anilines is 1. The number of hydrogen-bond acceptors (Lipinski definition) is 2. The van der Waals surface area contributed by atoms with Gasteiger partial charge in [-0.05, 0) is 66.4 Å². The molecule has 1 aromatic carbocycles. The van der Waals surface area contributed by atoms with Crippen molar-refractivity contribution in [3.05, 3.63) is 28.2 Å². The van der Waals surface area contributed by atoms with Crippen LogP contribution in [0.2, 0.25) is 0 Å². The number of piperidine rings is 1. The summed E-state index contributed by atoms with van der Waals surface area (Å²) in [6, 6.07) is 7.11. The van der Waals surface area contributed by atoms with E-state index in [1.54, 1.807) is 0 Å². The van der Waals surface area contributed by atoms with Gasteiger partial charge in [0.25, 0.3) is 0 Å². The topological polar surface area (TPSA) is 15.3 Å². The van der Waals surface area contributed by atoms with Gasteiger partial charge in [-0.15, -0.1) is 0 Å². The molecule has 1 N–H and O–H groups in total. The average molecular weight is 311 g/mol. The molecule has 2 nitrogen and oxygen atoms in total. The Morgan fingerprint density at radius 3 is 2.72 bits per heavy atom. The molecule has 0 bridgehead atoms. The van der Waals surface area contributed by atoms with Crippen molar-refractivity contribution in [2.24, 2.45) is 0 Å². The van der Waals surface area contributed by atoms with E-state index in [4.69, 9.17) is 0 Å². The fourth-order valence-electron chi connectivity index (χ4n) is 2.59. The maximum absolute atomic E-state index is 3.68. The summed E-state index contributed by atoms with van der Waals surface area (Å²) in [5.74, 6) is 0. The zero-order valence-electron chi connectivity index (χ0n) is 11.4. The molecule has 1 heterocycles. The second-order valence-corrected chi connectivity index (χ2v) is 6.10. The molecule has 1 aromatic rings. The van der Waals surface area contributed by atoms with Crippen LogP contribution in [0.5, 0.6) is 0 Å². The third-order valence-corrected chi connectivity index (χ3v) is 4.30. The first kappa shape index (κ1) is 13.9. The van der Waals surface area contributed by atoms with Crippen molar-refractivity contribution < 1.29 is 0 Å². The van der Waals surface area contributed by atoms with Crippen LogP contribution in [0.4, 0.5) is 5.69 Å². The standard InChI is InChI=1S/C15H23BrN2/c1-3-8-18-9-6-13(7-10-18)17-15-11-12(2)4-5-14(15)16/h4-5,11,13,17H,3,6-10H2,1-2H3. The van der Waals surface area contributed by atoms with E-state index in [1.807, 2.05) is 0 Å². The molecule has 0 aromatic heterocycles. The van der Waals surface area contributed by atoms with Crippen LogP contribution in [-0.4, -0.2) is 30.6 Å². The van der Waals surface area contributed by atoms with Crippen LogP contribution in [0.15, 0.2) is 22.7 Å². The lowest BCUT2D eigenvalue weighted by molar-refractivity contribution is 0.219. The number of aryl methyl sites for hydroxylation is 1. The summed E-state index contributed by atoms with van der Waals surface area (Å²) in [6.45, 7) is 8.11. The van der Waals surface area contributed by atoms with E-state index < -0.39 is 0 Å². The second-order valence-electron chi connectivity index (χ2n) is 5.24. The van der Waals surface area contributed by atoms with Crippen molar-refractivity contribution in [2.75, 3.05) is 25.0 Å². The van der Waals surface area contributed by atoms with E-state index in [9.17, 15) is 0 Å². The largest absolute Gasteiger partial charge is 0.381 e. The van der Waals surface area contributed by atoms with E-state index in [2.05, 4.69) is 58.2 Å². The Kier molecular flexibility index (Phi) is 5.07. The Balaban J connectivity index is 1.89. The van der Waals surface area contributed by atoms with Crippen molar-refractivity contribution >= 4 is 21.6 Å². The lowest BCUT2D eigenvalue weighted by Gasteiger charge is -2.32. The normalized spacial score (nSPS) is 17.9. The van der Waals surface area contributed by atoms with Crippen LogP contribution in [-0.2, 0) is 0 Å². The number of rotatable bonds is 4. The molecule has 100 valence electrons. The van der Waals surface area contributed by atoms with E-state index >= 15 is 0 Å². The summed E-state index contributed by atoms with van der Waals surface area (Å²) >= 11 is 3.62. The molecule has 1 fully saturated rings. The highest BCUT2D eigenvalue weighted by Gasteiger charge is 2.18. The zero-order valence-corrected chi connectivity index (χ0v) is 13.0. The summed E-state index contributed by atoms with van der Waals surface area (Å²) in [6.07, 6.45) is 3.77. The molecule has 0 saturated carbocycles. The fraction of sp³-hybridized carbons (Fsp3) is 0.600. The van der Waals surface area contributed by atoms with Gasteiger partial charge in [0.15, 0.2) is 0 Å². The number of hydrogen-bond donors (Lipinski definition) is 1. The molecule has 0 aliphatic carbocycles. The molecule has 3 heteroatoms. The lowest BCUT2D eigenvalue weighted by Crippen LogP contribution is -2.39. The molecule has 0 radical (unpaired) electrons. The molecular formula is C15H23BrN2. The van der Waals surface area contributed by atoms with Crippen molar-refractivity contribution in [3.8, 4) is 0 Å². The summed E-state index contributed by atoms with van der Waals surface area (Å²) in [5.41, 5.74) is 2.55. The SMILES string of the molecule is CCCN1CCC(Nc2cc(C)ccc2Br)CC1. The third-order valence-electron chi connectivity index (χ3n) is 3.61. The fourth-order valence-corrected chi connectivity index (χ4v) is 2.95. The molecule has 1 aliphatic rings. The van der Waals surface area contributed by atoms with Crippen LogP contribution in [0, 0.1) is 6.92 Å². The molecule has 1 saturated heterocycles. The highest BCUT2D eigenvalue weighted by atomic mass is 79.9. The predicted octanol–water partition coefficient (Wildman–Crippen LogP) is 4.04. The first-order chi connectivity index (χ1) is 8.69. The minimum atomic E-state index is 0.621. The highest BCUT2D eigenvalue weighted by molar-refractivity contribution is 9.10.